The Hall–Kier alpha value is -3.85. The normalized spacial score (nSPS) is 13.2. The first-order valence-corrected chi connectivity index (χ1v) is 12.0. The van der Waals surface area contributed by atoms with Crippen molar-refractivity contribution in [1.82, 2.24) is 14.9 Å². The van der Waals surface area contributed by atoms with Gasteiger partial charge >= 0.3 is 6.03 Å². The van der Waals surface area contributed by atoms with Gasteiger partial charge < -0.3 is 20.0 Å². The van der Waals surface area contributed by atoms with Crippen molar-refractivity contribution in [3.05, 3.63) is 78.3 Å². The molecule has 0 bridgehead atoms. The lowest BCUT2D eigenvalue weighted by atomic mass is 10.1. The zero-order valence-electron chi connectivity index (χ0n) is 18.4. The van der Waals surface area contributed by atoms with E-state index in [1.807, 2.05) is 36.4 Å². The van der Waals surface area contributed by atoms with Gasteiger partial charge in [-0.3, -0.25) is 4.79 Å². The summed E-state index contributed by atoms with van der Waals surface area (Å²) in [4.78, 5) is 36.2. The number of hydrogen-bond donors (Lipinski definition) is 2. The molecule has 2 aromatic carbocycles. The number of nitrogens with zero attached hydrogens (tertiary/aromatic N) is 3. The molecule has 3 amide bonds. The number of furan rings is 1. The van der Waals surface area contributed by atoms with Crippen LogP contribution in [0.5, 0.6) is 0 Å². The fourth-order valence-electron chi connectivity index (χ4n) is 3.92. The molecule has 1 fully saturated rings. The van der Waals surface area contributed by atoms with Crippen LogP contribution in [0.3, 0.4) is 0 Å². The van der Waals surface area contributed by atoms with Crippen LogP contribution < -0.4 is 10.6 Å². The molecule has 172 valence electrons. The van der Waals surface area contributed by atoms with Gasteiger partial charge in [0.1, 0.15) is 5.58 Å². The van der Waals surface area contributed by atoms with Crippen molar-refractivity contribution in [1.29, 1.82) is 0 Å². The topological polar surface area (TPSA) is 100 Å². The van der Waals surface area contributed by atoms with Crippen molar-refractivity contribution < 1.29 is 14.0 Å². The molecule has 34 heavy (non-hydrogen) atoms. The Kier molecular flexibility index (Phi) is 6.44. The van der Waals surface area contributed by atoms with E-state index in [1.54, 1.807) is 35.5 Å². The quantitative estimate of drug-likeness (QED) is 0.287. The Morgan fingerprint density at radius 2 is 1.59 bits per heavy atom. The first kappa shape index (κ1) is 22.0. The molecule has 1 aliphatic heterocycles. The smallest absolute Gasteiger partial charge is 0.321 e. The standard InChI is InChI=1S/C25H23N5O3S/c31-23(28-19-9-2-3-10-20(19)29-25(32)30-14-5-6-15-30)22-18(16-34-24-26-12-7-13-27-24)17-8-1-4-11-21(17)33-22/h1-4,7-13H,5-6,14-16H2,(H,28,31)(H,29,32). The molecule has 5 rings (SSSR count). The van der Waals surface area contributed by atoms with Gasteiger partial charge in [-0.05, 0) is 37.1 Å². The Bertz CT molecular complexity index is 1320. The number of carbonyl (C=O) groups is 2. The summed E-state index contributed by atoms with van der Waals surface area (Å²) in [6, 6.07) is 16.3. The molecule has 0 saturated carbocycles. The molecule has 0 radical (unpaired) electrons. The van der Waals surface area contributed by atoms with Crippen molar-refractivity contribution in [2.24, 2.45) is 0 Å². The lowest BCUT2D eigenvalue weighted by molar-refractivity contribution is 0.0998. The number of amides is 3. The predicted octanol–water partition coefficient (Wildman–Crippen LogP) is 5.40. The monoisotopic (exact) mass is 473 g/mol. The molecule has 0 atom stereocenters. The number of benzene rings is 2. The average molecular weight is 474 g/mol. The highest BCUT2D eigenvalue weighted by Gasteiger charge is 2.23. The lowest BCUT2D eigenvalue weighted by Gasteiger charge is -2.18. The number of likely N-dealkylation sites (tertiary alicyclic amines) is 1. The van der Waals surface area contributed by atoms with Gasteiger partial charge in [0, 0.05) is 42.2 Å². The lowest BCUT2D eigenvalue weighted by Crippen LogP contribution is -2.32. The van der Waals surface area contributed by atoms with E-state index >= 15 is 0 Å². The molecule has 0 unspecified atom stereocenters. The maximum Gasteiger partial charge on any atom is 0.321 e. The number of fused-ring (bicyclic) bond motifs is 1. The maximum absolute atomic E-state index is 13.3. The third-order valence-corrected chi connectivity index (χ3v) is 6.50. The van der Waals surface area contributed by atoms with Gasteiger partial charge in [0.15, 0.2) is 10.9 Å². The van der Waals surface area contributed by atoms with Crippen molar-refractivity contribution in [2.45, 2.75) is 23.8 Å². The zero-order chi connectivity index (χ0) is 23.3. The summed E-state index contributed by atoms with van der Waals surface area (Å²) < 4.78 is 5.96. The van der Waals surface area contributed by atoms with E-state index in [0.717, 1.165) is 36.9 Å². The SMILES string of the molecule is O=C(Nc1ccccc1NC(=O)N1CCCC1)c1oc2ccccc2c1CSc1ncccn1. The number of thioether (sulfide) groups is 1. The van der Waals surface area contributed by atoms with Crippen LogP contribution in [-0.2, 0) is 5.75 Å². The van der Waals surface area contributed by atoms with Gasteiger partial charge in [0.2, 0.25) is 0 Å². The number of aromatic nitrogens is 2. The molecule has 1 saturated heterocycles. The molecule has 0 aliphatic carbocycles. The third kappa shape index (κ3) is 4.74. The summed E-state index contributed by atoms with van der Waals surface area (Å²) in [5, 5.41) is 7.32. The van der Waals surface area contributed by atoms with Crippen LogP contribution in [0.2, 0.25) is 0 Å². The van der Waals surface area contributed by atoms with E-state index in [2.05, 4.69) is 20.6 Å². The van der Waals surface area contributed by atoms with Gasteiger partial charge in [0.25, 0.3) is 5.91 Å². The first-order valence-electron chi connectivity index (χ1n) is 11.1. The van der Waals surface area contributed by atoms with Gasteiger partial charge in [-0.15, -0.1) is 0 Å². The minimum absolute atomic E-state index is 0.164. The van der Waals surface area contributed by atoms with Crippen molar-refractivity contribution in [3.63, 3.8) is 0 Å². The average Bonchev–Trinajstić information content (AvgIpc) is 3.53. The van der Waals surface area contributed by atoms with E-state index in [-0.39, 0.29) is 17.7 Å². The zero-order valence-corrected chi connectivity index (χ0v) is 19.2. The van der Waals surface area contributed by atoms with E-state index in [0.29, 0.717) is 27.9 Å². The Morgan fingerprint density at radius 3 is 2.35 bits per heavy atom. The molecule has 0 spiro atoms. The first-order chi connectivity index (χ1) is 16.7. The van der Waals surface area contributed by atoms with Crippen LogP contribution in [0.4, 0.5) is 16.2 Å². The van der Waals surface area contributed by atoms with Crippen LogP contribution in [-0.4, -0.2) is 39.9 Å². The number of para-hydroxylation sites is 3. The number of rotatable bonds is 6. The Balaban J connectivity index is 1.39. The molecule has 1 aliphatic rings. The van der Waals surface area contributed by atoms with Gasteiger partial charge in [-0.25, -0.2) is 14.8 Å². The van der Waals surface area contributed by atoms with E-state index in [9.17, 15) is 9.59 Å². The second-order valence-electron chi connectivity index (χ2n) is 7.85. The molecule has 9 heteroatoms. The second-order valence-corrected chi connectivity index (χ2v) is 8.79. The van der Waals surface area contributed by atoms with E-state index in [4.69, 9.17) is 4.42 Å². The Morgan fingerprint density at radius 1 is 0.912 bits per heavy atom. The summed E-state index contributed by atoms with van der Waals surface area (Å²) in [5.41, 5.74) is 2.44. The Labute approximate surface area is 200 Å². The highest BCUT2D eigenvalue weighted by Crippen LogP contribution is 2.32. The number of carbonyl (C=O) groups excluding carboxylic acids is 2. The van der Waals surface area contributed by atoms with Crippen LogP contribution in [0.1, 0.15) is 29.0 Å². The van der Waals surface area contributed by atoms with Crippen LogP contribution >= 0.6 is 11.8 Å². The summed E-state index contributed by atoms with van der Waals surface area (Å²) in [5.74, 6) is 0.311. The number of anilines is 2. The summed E-state index contributed by atoms with van der Waals surface area (Å²) in [7, 11) is 0. The molecule has 8 nitrogen and oxygen atoms in total. The van der Waals surface area contributed by atoms with Crippen molar-refractivity contribution >= 4 is 46.0 Å². The van der Waals surface area contributed by atoms with Gasteiger partial charge in [-0.2, -0.15) is 0 Å². The fourth-order valence-corrected chi connectivity index (χ4v) is 4.75. The summed E-state index contributed by atoms with van der Waals surface area (Å²) >= 11 is 1.43. The number of nitrogens with one attached hydrogen (secondary N) is 2. The second kappa shape index (κ2) is 9.96. The highest BCUT2D eigenvalue weighted by atomic mass is 32.2. The summed E-state index contributed by atoms with van der Waals surface area (Å²) in [6.07, 6.45) is 5.38. The molecular weight excluding hydrogens is 450 g/mol. The van der Waals surface area contributed by atoms with Crippen molar-refractivity contribution in [3.8, 4) is 0 Å². The molecule has 4 aromatic rings. The molecule has 2 N–H and O–H groups in total. The fraction of sp³-hybridized carbons (Fsp3) is 0.200. The highest BCUT2D eigenvalue weighted by molar-refractivity contribution is 7.98. The molecule has 2 aromatic heterocycles. The summed E-state index contributed by atoms with van der Waals surface area (Å²) in [6.45, 7) is 1.48. The maximum atomic E-state index is 13.3. The number of urea groups is 1. The molecule has 3 heterocycles. The number of hydrogen-bond acceptors (Lipinski definition) is 6. The molecular formula is C25H23N5O3S. The van der Waals surface area contributed by atoms with Crippen LogP contribution in [0, 0.1) is 0 Å². The van der Waals surface area contributed by atoms with Gasteiger partial charge in [-0.1, -0.05) is 42.1 Å². The third-order valence-electron chi connectivity index (χ3n) is 5.60. The minimum Gasteiger partial charge on any atom is -0.451 e. The van der Waals surface area contributed by atoms with Gasteiger partial charge in [0.05, 0.1) is 11.4 Å². The largest absolute Gasteiger partial charge is 0.451 e. The van der Waals surface area contributed by atoms with Crippen LogP contribution in [0.15, 0.2) is 76.6 Å². The van der Waals surface area contributed by atoms with Crippen molar-refractivity contribution in [2.75, 3.05) is 23.7 Å². The van der Waals surface area contributed by atoms with Crippen LogP contribution in [0.25, 0.3) is 11.0 Å². The minimum atomic E-state index is -0.386. The van der Waals surface area contributed by atoms with E-state index in [1.165, 1.54) is 11.8 Å². The van der Waals surface area contributed by atoms with E-state index < -0.39 is 0 Å². The predicted molar refractivity (Wildman–Crippen MR) is 132 cm³/mol.